The first-order valence-electron chi connectivity index (χ1n) is 12.5. The van der Waals surface area contributed by atoms with E-state index in [1.165, 1.54) is 0 Å². The molecular formula is C29H24N6O2. The smallest absolute Gasteiger partial charge is 0.227 e. The quantitative estimate of drug-likeness (QED) is 0.254. The molecule has 1 amide bonds. The van der Waals surface area contributed by atoms with Gasteiger partial charge in [-0.05, 0) is 60.4 Å². The molecule has 0 radical (unpaired) electrons. The van der Waals surface area contributed by atoms with Gasteiger partial charge >= 0.3 is 0 Å². The fraction of sp³-hybridized carbons (Fsp3) is 0.172. The average molecular weight is 489 g/mol. The Morgan fingerprint density at radius 2 is 1.89 bits per heavy atom. The minimum atomic E-state index is 0.0891. The highest BCUT2D eigenvalue weighted by Crippen LogP contribution is 2.35. The first-order chi connectivity index (χ1) is 18.2. The number of aromatic amines is 2. The normalized spacial score (nSPS) is 14.1. The van der Waals surface area contributed by atoms with E-state index in [4.69, 9.17) is 4.42 Å². The lowest BCUT2D eigenvalue weighted by Gasteiger charge is -2.11. The van der Waals surface area contributed by atoms with E-state index in [0.717, 1.165) is 86.9 Å². The van der Waals surface area contributed by atoms with Crippen molar-refractivity contribution in [2.45, 2.75) is 25.7 Å². The van der Waals surface area contributed by atoms with Gasteiger partial charge < -0.3 is 14.7 Å². The third kappa shape index (κ3) is 3.87. The molecular weight excluding hydrogens is 464 g/mol. The number of nitrogens with zero attached hydrogens (tertiary/aromatic N) is 3. The van der Waals surface area contributed by atoms with Gasteiger partial charge in [0, 0.05) is 40.2 Å². The molecule has 0 spiro atoms. The summed E-state index contributed by atoms with van der Waals surface area (Å²) in [4.78, 5) is 25.0. The number of benzene rings is 1. The Morgan fingerprint density at radius 1 is 0.973 bits per heavy atom. The zero-order valence-corrected chi connectivity index (χ0v) is 20.0. The molecule has 5 heterocycles. The first-order valence-corrected chi connectivity index (χ1v) is 12.5. The van der Waals surface area contributed by atoms with Crippen LogP contribution in [0.1, 0.15) is 25.7 Å². The van der Waals surface area contributed by atoms with Gasteiger partial charge in [0.05, 0.1) is 35.6 Å². The van der Waals surface area contributed by atoms with E-state index in [-0.39, 0.29) is 11.8 Å². The Morgan fingerprint density at radius 3 is 2.76 bits per heavy atom. The van der Waals surface area contributed by atoms with E-state index in [1.807, 2.05) is 36.5 Å². The molecule has 1 aliphatic rings. The van der Waals surface area contributed by atoms with Crippen LogP contribution in [-0.4, -0.2) is 31.1 Å². The van der Waals surface area contributed by atoms with Crippen LogP contribution in [0.4, 0.5) is 5.69 Å². The van der Waals surface area contributed by atoms with Crippen molar-refractivity contribution in [2.75, 3.05) is 5.32 Å². The summed E-state index contributed by atoms with van der Waals surface area (Å²) in [6.45, 7) is 0. The molecule has 1 aliphatic carbocycles. The highest BCUT2D eigenvalue weighted by Gasteiger charge is 2.23. The standard InChI is InChI=1S/C29H24N6O2/c36-29(17-3-1-2-4-17)32-21-11-20(14-30-15-21)18-5-6-25-24(12-18)27(35-34-25)26-13-23-22(19-8-10-37-16-19)7-9-31-28(23)33-26/h5-17H,1-4H2,(H,31,33)(H,32,36)(H,34,35). The number of anilines is 1. The summed E-state index contributed by atoms with van der Waals surface area (Å²) in [7, 11) is 0. The van der Waals surface area contributed by atoms with Gasteiger partial charge in [-0.1, -0.05) is 18.9 Å². The number of carbonyl (C=O) groups is 1. The number of furan rings is 1. The van der Waals surface area contributed by atoms with Gasteiger partial charge in [-0.15, -0.1) is 0 Å². The van der Waals surface area contributed by atoms with Crippen molar-refractivity contribution in [3.05, 3.63) is 73.6 Å². The van der Waals surface area contributed by atoms with Gasteiger partial charge in [0.25, 0.3) is 0 Å². The monoisotopic (exact) mass is 488 g/mol. The molecule has 7 rings (SSSR count). The van der Waals surface area contributed by atoms with Gasteiger partial charge in [0.2, 0.25) is 5.91 Å². The van der Waals surface area contributed by atoms with Crippen LogP contribution in [0.3, 0.4) is 0 Å². The third-order valence-electron chi connectivity index (χ3n) is 7.25. The Labute approximate surface area is 212 Å². The zero-order chi connectivity index (χ0) is 24.8. The molecule has 0 atom stereocenters. The van der Waals surface area contributed by atoms with Crippen molar-refractivity contribution in [2.24, 2.45) is 5.92 Å². The number of fused-ring (bicyclic) bond motifs is 2. The predicted octanol–water partition coefficient (Wildman–Crippen LogP) is 6.56. The van der Waals surface area contributed by atoms with E-state index >= 15 is 0 Å². The Balaban J connectivity index is 1.25. The van der Waals surface area contributed by atoms with Gasteiger partial charge in [0.1, 0.15) is 11.3 Å². The topological polar surface area (TPSA) is 112 Å². The van der Waals surface area contributed by atoms with Gasteiger partial charge in [0.15, 0.2) is 0 Å². The van der Waals surface area contributed by atoms with E-state index in [1.54, 1.807) is 24.9 Å². The molecule has 37 heavy (non-hydrogen) atoms. The van der Waals surface area contributed by atoms with Crippen molar-refractivity contribution in [1.82, 2.24) is 25.1 Å². The number of hydrogen-bond donors (Lipinski definition) is 3. The average Bonchev–Trinajstić information content (AvgIpc) is 3.74. The van der Waals surface area contributed by atoms with Crippen LogP contribution in [0.15, 0.2) is 78.0 Å². The number of rotatable bonds is 5. The molecule has 3 N–H and O–H groups in total. The van der Waals surface area contributed by atoms with Gasteiger partial charge in [-0.3, -0.25) is 14.9 Å². The molecule has 1 saturated carbocycles. The Kier molecular flexibility index (Phi) is 5.09. The van der Waals surface area contributed by atoms with Crippen LogP contribution in [-0.2, 0) is 4.79 Å². The van der Waals surface area contributed by atoms with Crippen molar-refractivity contribution >= 4 is 33.5 Å². The molecule has 0 aliphatic heterocycles. The summed E-state index contributed by atoms with van der Waals surface area (Å²) in [5, 5.41) is 12.8. The second kappa shape index (κ2) is 8.74. The Bertz CT molecular complexity index is 1740. The summed E-state index contributed by atoms with van der Waals surface area (Å²) in [6.07, 6.45) is 12.9. The highest BCUT2D eigenvalue weighted by molar-refractivity contribution is 6.00. The Hall–Kier alpha value is -4.72. The molecule has 1 aromatic carbocycles. The second-order valence-electron chi connectivity index (χ2n) is 9.58. The summed E-state index contributed by atoms with van der Waals surface area (Å²) in [5.41, 5.74) is 8.09. The number of aromatic nitrogens is 5. The highest BCUT2D eigenvalue weighted by atomic mass is 16.3. The van der Waals surface area contributed by atoms with E-state index in [0.29, 0.717) is 0 Å². The minimum absolute atomic E-state index is 0.0891. The fourth-order valence-electron chi connectivity index (χ4n) is 5.32. The van der Waals surface area contributed by atoms with Crippen LogP contribution in [0.5, 0.6) is 0 Å². The van der Waals surface area contributed by atoms with Crippen LogP contribution in [0.2, 0.25) is 0 Å². The molecule has 0 unspecified atom stereocenters. The summed E-state index contributed by atoms with van der Waals surface area (Å²) in [6, 6.07) is 14.1. The lowest BCUT2D eigenvalue weighted by molar-refractivity contribution is -0.119. The minimum Gasteiger partial charge on any atom is -0.472 e. The number of pyridine rings is 2. The maximum absolute atomic E-state index is 12.6. The molecule has 1 fully saturated rings. The first kappa shape index (κ1) is 21.6. The zero-order valence-electron chi connectivity index (χ0n) is 20.0. The van der Waals surface area contributed by atoms with Crippen molar-refractivity contribution in [3.63, 3.8) is 0 Å². The molecule has 0 bridgehead atoms. The molecule has 5 aromatic heterocycles. The molecule has 0 saturated heterocycles. The summed E-state index contributed by atoms with van der Waals surface area (Å²) >= 11 is 0. The number of hydrogen-bond acceptors (Lipinski definition) is 5. The molecule has 8 heteroatoms. The third-order valence-corrected chi connectivity index (χ3v) is 7.25. The molecule has 6 aromatic rings. The second-order valence-corrected chi connectivity index (χ2v) is 9.58. The van der Waals surface area contributed by atoms with E-state index in [9.17, 15) is 4.79 Å². The van der Waals surface area contributed by atoms with Crippen molar-refractivity contribution < 1.29 is 9.21 Å². The van der Waals surface area contributed by atoms with Gasteiger partial charge in [-0.25, -0.2) is 4.98 Å². The van der Waals surface area contributed by atoms with E-state index in [2.05, 4.69) is 42.6 Å². The number of carbonyl (C=O) groups excluding carboxylic acids is 1. The summed E-state index contributed by atoms with van der Waals surface area (Å²) < 4.78 is 5.29. The molecule has 182 valence electrons. The fourth-order valence-corrected chi connectivity index (χ4v) is 5.32. The van der Waals surface area contributed by atoms with Gasteiger partial charge in [-0.2, -0.15) is 5.10 Å². The van der Waals surface area contributed by atoms with Crippen LogP contribution in [0.25, 0.3) is 55.6 Å². The van der Waals surface area contributed by atoms with Crippen LogP contribution in [0, 0.1) is 5.92 Å². The number of amides is 1. The largest absolute Gasteiger partial charge is 0.472 e. The van der Waals surface area contributed by atoms with Crippen molar-refractivity contribution in [1.29, 1.82) is 0 Å². The summed E-state index contributed by atoms with van der Waals surface area (Å²) in [5.74, 6) is 0.194. The number of nitrogens with one attached hydrogen (secondary N) is 3. The SMILES string of the molecule is O=C(Nc1cncc(-c2ccc3[nH]nc(-c4cc5c(-c6ccoc6)ccnc5[nH]4)c3c2)c1)C1CCCC1. The number of H-pyrrole nitrogens is 2. The predicted molar refractivity (Wildman–Crippen MR) is 143 cm³/mol. The van der Waals surface area contributed by atoms with E-state index < -0.39 is 0 Å². The lowest BCUT2D eigenvalue weighted by Crippen LogP contribution is -2.20. The molecule has 8 nitrogen and oxygen atoms in total. The maximum atomic E-state index is 12.6. The lowest BCUT2D eigenvalue weighted by atomic mass is 10.0. The van der Waals surface area contributed by atoms with Crippen molar-refractivity contribution in [3.8, 4) is 33.6 Å². The van der Waals surface area contributed by atoms with Crippen LogP contribution >= 0.6 is 0 Å². The maximum Gasteiger partial charge on any atom is 0.227 e. The van der Waals surface area contributed by atoms with Crippen LogP contribution < -0.4 is 5.32 Å².